The first-order valence-electron chi connectivity index (χ1n) is 4.19. The van der Waals surface area contributed by atoms with Gasteiger partial charge >= 0.3 is 0 Å². The Balaban J connectivity index is 1.97. The standard InChI is InChI=1S/C8H16N2O/c1-6(7-2-3-7)4-10-5-8(9)11/h6-7,10H,2-5H2,1H3,(H2,9,11). The van der Waals surface area contributed by atoms with Crippen LogP contribution in [0, 0.1) is 11.8 Å². The Hall–Kier alpha value is -0.570. The van der Waals surface area contributed by atoms with Crippen LogP contribution in [0.3, 0.4) is 0 Å². The third kappa shape index (κ3) is 3.37. The smallest absolute Gasteiger partial charge is 0.231 e. The molecule has 0 aromatic rings. The SMILES string of the molecule is CC(CNCC(N)=O)C1CC1. The van der Waals surface area contributed by atoms with Crippen LogP contribution in [0.2, 0.25) is 0 Å². The Morgan fingerprint density at radius 1 is 1.73 bits per heavy atom. The second-order valence-corrected chi connectivity index (χ2v) is 3.41. The summed E-state index contributed by atoms with van der Waals surface area (Å²) in [6, 6.07) is 0. The quantitative estimate of drug-likeness (QED) is 0.593. The normalized spacial score (nSPS) is 19.7. The van der Waals surface area contributed by atoms with Crippen LogP contribution < -0.4 is 11.1 Å². The summed E-state index contributed by atoms with van der Waals surface area (Å²) in [5.41, 5.74) is 4.97. The zero-order valence-corrected chi connectivity index (χ0v) is 6.97. The molecule has 0 aromatic heterocycles. The summed E-state index contributed by atoms with van der Waals surface area (Å²) >= 11 is 0. The van der Waals surface area contributed by atoms with Gasteiger partial charge in [-0.05, 0) is 31.2 Å². The lowest BCUT2D eigenvalue weighted by molar-refractivity contribution is -0.117. The van der Waals surface area contributed by atoms with E-state index in [0.717, 1.165) is 12.5 Å². The summed E-state index contributed by atoms with van der Waals surface area (Å²) in [6.45, 7) is 3.45. The van der Waals surface area contributed by atoms with Gasteiger partial charge in [0.05, 0.1) is 6.54 Å². The number of carbonyl (C=O) groups excluding carboxylic acids is 1. The zero-order valence-electron chi connectivity index (χ0n) is 6.97. The van der Waals surface area contributed by atoms with E-state index in [-0.39, 0.29) is 5.91 Å². The predicted molar refractivity (Wildman–Crippen MR) is 44.0 cm³/mol. The van der Waals surface area contributed by atoms with Crippen molar-refractivity contribution in [3.05, 3.63) is 0 Å². The van der Waals surface area contributed by atoms with Gasteiger partial charge in [0.2, 0.25) is 5.91 Å². The second-order valence-electron chi connectivity index (χ2n) is 3.41. The van der Waals surface area contributed by atoms with Gasteiger partial charge in [0.15, 0.2) is 0 Å². The minimum Gasteiger partial charge on any atom is -0.369 e. The molecule has 11 heavy (non-hydrogen) atoms. The second kappa shape index (κ2) is 3.72. The lowest BCUT2D eigenvalue weighted by Gasteiger charge is -2.09. The van der Waals surface area contributed by atoms with Crippen LogP contribution in [0.4, 0.5) is 0 Å². The molecule has 1 rings (SSSR count). The van der Waals surface area contributed by atoms with Gasteiger partial charge in [-0.15, -0.1) is 0 Å². The first kappa shape index (κ1) is 8.53. The van der Waals surface area contributed by atoms with Gasteiger partial charge in [0, 0.05) is 0 Å². The minimum atomic E-state index is -0.270. The maximum atomic E-state index is 10.3. The molecule has 1 aliphatic carbocycles. The molecule has 0 bridgehead atoms. The summed E-state index contributed by atoms with van der Waals surface area (Å²) in [7, 11) is 0. The fourth-order valence-electron chi connectivity index (χ4n) is 1.25. The highest BCUT2D eigenvalue weighted by Gasteiger charge is 2.27. The molecule has 3 N–H and O–H groups in total. The molecule has 1 aliphatic rings. The molecule has 0 saturated heterocycles. The van der Waals surface area contributed by atoms with Crippen LogP contribution in [-0.2, 0) is 4.79 Å². The molecular formula is C8H16N2O. The topological polar surface area (TPSA) is 55.1 Å². The molecule has 0 radical (unpaired) electrons. The third-order valence-electron chi connectivity index (χ3n) is 2.19. The van der Waals surface area contributed by atoms with Gasteiger partial charge in [-0.1, -0.05) is 6.92 Å². The Bertz CT molecular complexity index is 143. The number of rotatable bonds is 5. The van der Waals surface area contributed by atoms with Crippen molar-refractivity contribution in [2.75, 3.05) is 13.1 Å². The number of amides is 1. The monoisotopic (exact) mass is 156 g/mol. The molecule has 1 amide bonds. The number of nitrogens with two attached hydrogens (primary N) is 1. The van der Waals surface area contributed by atoms with Crippen LogP contribution >= 0.6 is 0 Å². The maximum absolute atomic E-state index is 10.3. The average molecular weight is 156 g/mol. The van der Waals surface area contributed by atoms with Crippen LogP contribution in [0.1, 0.15) is 19.8 Å². The average Bonchev–Trinajstić information content (AvgIpc) is 2.66. The number of nitrogens with one attached hydrogen (secondary N) is 1. The summed E-state index contributed by atoms with van der Waals surface area (Å²) in [4.78, 5) is 10.3. The minimum absolute atomic E-state index is 0.270. The molecule has 3 nitrogen and oxygen atoms in total. The van der Waals surface area contributed by atoms with Gasteiger partial charge in [0.1, 0.15) is 0 Å². The highest BCUT2D eigenvalue weighted by Crippen LogP contribution is 2.35. The van der Waals surface area contributed by atoms with Crippen molar-refractivity contribution in [3.8, 4) is 0 Å². The fourth-order valence-corrected chi connectivity index (χ4v) is 1.25. The summed E-state index contributed by atoms with van der Waals surface area (Å²) in [5.74, 6) is 1.33. The van der Waals surface area contributed by atoms with Crippen LogP contribution in [0.5, 0.6) is 0 Å². The van der Waals surface area contributed by atoms with Crippen molar-refractivity contribution in [3.63, 3.8) is 0 Å². The molecule has 0 aromatic carbocycles. The van der Waals surface area contributed by atoms with Crippen molar-refractivity contribution < 1.29 is 4.79 Å². The van der Waals surface area contributed by atoms with E-state index in [1.807, 2.05) is 0 Å². The molecule has 1 atom stereocenters. The van der Waals surface area contributed by atoms with E-state index in [2.05, 4.69) is 12.2 Å². The van der Waals surface area contributed by atoms with Crippen molar-refractivity contribution in [2.45, 2.75) is 19.8 Å². The van der Waals surface area contributed by atoms with E-state index in [1.165, 1.54) is 12.8 Å². The van der Waals surface area contributed by atoms with E-state index in [0.29, 0.717) is 12.5 Å². The molecular weight excluding hydrogens is 140 g/mol. The van der Waals surface area contributed by atoms with E-state index in [9.17, 15) is 4.79 Å². The van der Waals surface area contributed by atoms with Crippen molar-refractivity contribution in [1.82, 2.24) is 5.32 Å². The maximum Gasteiger partial charge on any atom is 0.231 e. The molecule has 1 fully saturated rings. The van der Waals surface area contributed by atoms with Gasteiger partial charge in [-0.2, -0.15) is 0 Å². The molecule has 1 unspecified atom stereocenters. The van der Waals surface area contributed by atoms with Crippen LogP contribution in [0.15, 0.2) is 0 Å². The summed E-state index contributed by atoms with van der Waals surface area (Å²) < 4.78 is 0. The summed E-state index contributed by atoms with van der Waals surface area (Å²) in [6.07, 6.45) is 2.72. The fraction of sp³-hybridized carbons (Fsp3) is 0.875. The zero-order chi connectivity index (χ0) is 8.27. The first-order chi connectivity index (χ1) is 5.20. The third-order valence-corrected chi connectivity index (χ3v) is 2.19. The molecule has 0 aliphatic heterocycles. The molecule has 64 valence electrons. The van der Waals surface area contributed by atoms with E-state index < -0.39 is 0 Å². The lowest BCUT2D eigenvalue weighted by atomic mass is 10.1. The van der Waals surface area contributed by atoms with E-state index in [4.69, 9.17) is 5.73 Å². The number of hydrogen-bond acceptors (Lipinski definition) is 2. The van der Waals surface area contributed by atoms with Crippen LogP contribution in [0.25, 0.3) is 0 Å². The largest absolute Gasteiger partial charge is 0.369 e. The Labute approximate surface area is 67.3 Å². The van der Waals surface area contributed by atoms with Gasteiger partial charge in [0.25, 0.3) is 0 Å². The molecule has 1 saturated carbocycles. The highest BCUT2D eigenvalue weighted by molar-refractivity contribution is 5.75. The lowest BCUT2D eigenvalue weighted by Crippen LogP contribution is -2.31. The van der Waals surface area contributed by atoms with Crippen molar-refractivity contribution in [1.29, 1.82) is 0 Å². The Kier molecular flexibility index (Phi) is 2.88. The number of hydrogen-bond donors (Lipinski definition) is 2. The predicted octanol–water partition coefficient (Wildman–Crippen LogP) is 0.107. The Morgan fingerprint density at radius 2 is 2.36 bits per heavy atom. The highest BCUT2D eigenvalue weighted by atomic mass is 16.1. The Morgan fingerprint density at radius 3 is 2.82 bits per heavy atom. The molecule has 0 spiro atoms. The first-order valence-corrected chi connectivity index (χ1v) is 4.19. The van der Waals surface area contributed by atoms with Crippen molar-refractivity contribution >= 4 is 5.91 Å². The molecule has 0 heterocycles. The number of primary amides is 1. The van der Waals surface area contributed by atoms with E-state index >= 15 is 0 Å². The number of carbonyl (C=O) groups is 1. The summed E-state index contributed by atoms with van der Waals surface area (Å²) in [5, 5.41) is 3.03. The van der Waals surface area contributed by atoms with Gasteiger partial charge < -0.3 is 11.1 Å². The van der Waals surface area contributed by atoms with E-state index in [1.54, 1.807) is 0 Å². The van der Waals surface area contributed by atoms with Gasteiger partial charge in [-0.3, -0.25) is 4.79 Å². The van der Waals surface area contributed by atoms with Crippen molar-refractivity contribution in [2.24, 2.45) is 17.6 Å². The molecule has 3 heteroatoms. The van der Waals surface area contributed by atoms with Crippen LogP contribution in [-0.4, -0.2) is 19.0 Å². The van der Waals surface area contributed by atoms with Gasteiger partial charge in [-0.25, -0.2) is 0 Å².